The number of hydrogen-bond donors (Lipinski definition) is 1. The Morgan fingerprint density at radius 1 is 1.44 bits per heavy atom. The highest BCUT2D eigenvalue weighted by molar-refractivity contribution is 5.91. The molecule has 4 nitrogen and oxygen atoms in total. The minimum atomic E-state index is -0.294. The summed E-state index contributed by atoms with van der Waals surface area (Å²) in [5.41, 5.74) is 2.47. The predicted molar refractivity (Wildman–Crippen MR) is 61.2 cm³/mol. The van der Waals surface area contributed by atoms with Gasteiger partial charge in [-0.15, -0.1) is 0 Å². The van der Waals surface area contributed by atoms with Gasteiger partial charge in [0.2, 0.25) is 0 Å². The van der Waals surface area contributed by atoms with Crippen molar-refractivity contribution in [1.29, 1.82) is 0 Å². The summed E-state index contributed by atoms with van der Waals surface area (Å²) in [6, 6.07) is 3.30. The Labute approximate surface area is 94.7 Å². The Hall–Kier alpha value is -1.58. The van der Waals surface area contributed by atoms with E-state index in [2.05, 4.69) is 10.5 Å². The lowest BCUT2D eigenvalue weighted by molar-refractivity contribution is 0.0927. The Balaban J connectivity index is 1.78. The van der Waals surface area contributed by atoms with Gasteiger partial charge < -0.3 is 4.42 Å². The summed E-state index contributed by atoms with van der Waals surface area (Å²) in [7, 11) is 0. The number of hydrazone groups is 1. The molecule has 0 radical (unpaired) electrons. The Bertz CT molecular complexity index is 351. The first-order valence-corrected chi connectivity index (χ1v) is 5.73. The smallest absolute Gasteiger partial charge is 0.307 e. The van der Waals surface area contributed by atoms with E-state index in [0.29, 0.717) is 11.7 Å². The zero-order valence-electron chi connectivity index (χ0n) is 9.19. The van der Waals surface area contributed by atoms with E-state index in [0.717, 1.165) is 0 Å². The van der Waals surface area contributed by atoms with E-state index < -0.39 is 0 Å². The first-order valence-electron chi connectivity index (χ1n) is 5.73. The third kappa shape index (κ3) is 2.95. The minimum Gasteiger partial charge on any atom is -0.459 e. The average Bonchev–Trinajstić information content (AvgIpc) is 2.84. The van der Waals surface area contributed by atoms with Gasteiger partial charge >= 0.3 is 5.91 Å². The van der Waals surface area contributed by atoms with Crippen LogP contribution in [0.5, 0.6) is 0 Å². The van der Waals surface area contributed by atoms with Crippen molar-refractivity contribution in [3.05, 3.63) is 24.2 Å². The molecule has 4 heteroatoms. The van der Waals surface area contributed by atoms with E-state index in [9.17, 15) is 4.79 Å². The van der Waals surface area contributed by atoms with Gasteiger partial charge in [-0.1, -0.05) is 19.3 Å². The predicted octanol–water partition coefficient (Wildman–Crippen LogP) is 2.58. The van der Waals surface area contributed by atoms with Crippen molar-refractivity contribution in [1.82, 2.24) is 5.43 Å². The van der Waals surface area contributed by atoms with Crippen LogP contribution < -0.4 is 5.43 Å². The first-order chi connectivity index (χ1) is 7.86. The van der Waals surface area contributed by atoms with Crippen molar-refractivity contribution >= 4 is 12.1 Å². The molecule has 0 spiro atoms. The molecular weight excluding hydrogens is 204 g/mol. The van der Waals surface area contributed by atoms with Crippen molar-refractivity contribution in [2.45, 2.75) is 32.1 Å². The normalized spacial score (nSPS) is 17.8. The molecule has 1 amide bonds. The fourth-order valence-electron chi connectivity index (χ4n) is 1.95. The highest BCUT2D eigenvalue weighted by atomic mass is 16.3. The van der Waals surface area contributed by atoms with E-state index >= 15 is 0 Å². The Kier molecular flexibility index (Phi) is 3.75. The monoisotopic (exact) mass is 220 g/mol. The molecule has 1 saturated carbocycles. The SMILES string of the molecule is O=C(N/N=C\C1CCCCC1)c1ccco1. The highest BCUT2D eigenvalue weighted by Gasteiger charge is 2.11. The Morgan fingerprint density at radius 3 is 2.94 bits per heavy atom. The second-order valence-corrected chi connectivity index (χ2v) is 4.09. The topological polar surface area (TPSA) is 54.6 Å². The number of nitrogens with zero attached hydrogens (tertiary/aromatic N) is 1. The molecule has 2 rings (SSSR count). The molecule has 1 N–H and O–H groups in total. The average molecular weight is 220 g/mol. The first kappa shape index (κ1) is 10.9. The number of amides is 1. The lowest BCUT2D eigenvalue weighted by Gasteiger charge is -2.16. The summed E-state index contributed by atoms with van der Waals surface area (Å²) in [6.45, 7) is 0. The molecule has 0 aliphatic heterocycles. The number of nitrogens with one attached hydrogen (secondary N) is 1. The van der Waals surface area contributed by atoms with Gasteiger partial charge in [-0.3, -0.25) is 4.79 Å². The van der Waals surface area contributed by atoms with Crippen LogP contribution in [0.3, 0.4) is 0 Å². The van der Waals surface area contributed by atoms with Gasteiger partial charge in [0.1, 0.15) is 0 Å². The molecule has 0 aromatic carbocycles. The summed E-state index contributed by atoms with van der Waals surface area (Å²) in [4.78, 5) is 11.4. The van der Waals surface area contributed by atoms with Gasteiger partial charge in [-0.25, -0.2) is 5.43 Å². The fraction of sp³-hybridized carbons (Fsp3) is 0.500. The fourth-order valence-corrected chi connectivity index (χ4v) is 1.95. The number of hydrogen-bond acceptors (Lipinski definition) is 3. The van der Waals surface area contributed by atoms with Crippen LogP contribution in [-0.4, -0.2) is 12.1 Å². The second-order valence-electron chi connectivity index (χ2n) is 4.09. The van der Waals surface area contributed by atoms with Crippen LogP contribution in [0.2, 0.25) is 0 Å². The van der Waals surface area contributed by atoms with Gasteiger partial charge in [0.25, 0.3) is 0 Å². The van der Waals surface area contributed by atoms with Crippen LogP contribution in [0.15, 0.2) is 27.9 Å². The molecule has 1 fully saturated rings. The maximum absolute atomic E-state index is 11.4. The van der Waals surface area contributed by atoms with Gasteiger partial charge in [0.15, 0.2) is 5.76 Å². The molecular formula is C12H16N2O2. The van der Waals surface area contributed by atoms with E-state index in [1.54, 1.807) is 12.1 Å². The summed E-state index contributed by atoms with van der Waals surface area (Å²) in [5, 5.41) is 3.97. The lowest BCUT2D eigenvalue weighted by atomic mass is 9.90. The van der Waals surface area contributed by atoms with Gasteiger partial charge in [-0.05, 0) is 30.9 Å². The highest BCUT2D eigenvalue weighted by Crippen LogP contribution is 2.21. The summed E-state index contributed by atoms with van der Waals surface area (Å²) in [6.07, 6.45) is 9.54. The Morgan fingerprint density at radius 2 is 2.25 bits per heavy atom. The van der Waals surface area contributed by atoms with E-state index in [1.807, 2.05) is 6.21 Å². The molecule has 1 aromatic rings. The quantitative estimate of drug-likeness (QED) is 0.628. The molecule has 16 heavy (non-hydrogen) atoms. The molecule has 0 unspecified atom stereocenters. The molecule has 1 aliphatic rings. The number of furan rings is 1. The second kappa shape index (κ2) is 5.49. The molecule has 1 aliphatic carbocycles. The number of carbonyl (C=O) groups excluding carboxylic acids is 1. The molecule has 86 valence electrons. The van der Waals surface area contributed by atoms with Crippen LogP contribution in [0.1, 0.15) is 42.7 Å². The number of rotatable bonds is 3. The van der Waals surface area contributed by atoms with Crippen molar-refractivity contribution < 1.29 is 9.21 Å². The summed E-state index contributed by atoms with van der Waals surface area (Å²) in [5.74, 6) is 0.517. The maximum Gasteiger partial charge on any atom is 0.307 e. The van der Waals surface area contributed by atoms with Gasteiger partial charge in [0.05, 0.1) is 6.26 Å². The van der Waals surface area contributed by atoms with Crippen molar-refractivity contribution in [2.75, 3.05) is 0 Å². The molecule has 1 heterocycles. The van der Waals surface area contributed by atoms with Crippen molar-refractivity contribution in [3.63, 3.8) is 0 Å². The zero-order chi connectivity index (χ0) is 11.2. The molecule has 0 atom stereocenters. The van der Waals surface area contributed by atoms with Gasteiger partial charge in [-0.2, -0.15) is 5.10 Å². The standard InChI is InChI=1S/C12H16N2O2/c15-12(11-7-4-8-16-11)14-13-9-10-5-2-1-3-6-10/h4,7-10H,1-3,5-6H2,(H,14,15)/b13-9-. The van der Waals surface area contributed by atoms with Crippen LogP contribution in [0, 0.1) is 5.92 Å². The van der Waals surface area contributed by atoms with Crippen molar-refractivity contribution in [3.8, 4) is 0 Å². The largest absolute Gasteiger partial charge is 0.459 e. The number of carbonyl (C=O) groups is 1. The van der Waals surface area contributed by atoms with Crippen LogP contribution in [-0.2, 0) is 0 Å². The third-order valence-electron chi connectivity index (χ3n) is 2.85. The minimum absolute atomic E-state index is 0.292. The van der Waals surface area contributed by atoms with Crippen LogP contribution in [0.25, 0.3) is 0 Å². The summed E-state index contributed by atoms with van der Waals surface area (Å²) >= 11 is 0. The lowest BCUT2D eigenvalue weighted by Crippen LogP contribution is -2.18. The van der Waals surface area contributed by atoms with Crippen LogP contribution >= 0.6 is 0 Å². The van der Waals surface area contributed by atoms with Crippen LogP contribution in [0.4, 0.5) is 0 Å². The maximum atomic E-state index is 11.4. The third-order valence-corrected chi connectivity index (χ3v) is 2.85. The van der Waals surface area contributed by atoms with Gasteiger partial charge in [0, 0.05) is 6.21 Å². The van der Waals surface area contributed by atoms with E-state index in [-0.39, 0.29) is 5.91 Å². The summed E-state index contributed by atoms with van der Waals surface area (Å²) < 4.78 is 4.95. The molecule has 0 saturated heterocycles. The zero-order valence-corrected chi connectivity index (χ0v) is 9.19. The molecule has 0 bridgehead atoms. The van der Waals surface area contributed by atoms with Crippen molar-refractivity contribution in [2.24, 2.45) is 11.0 Å². The van der Waals surface area contributed by atoms with E-state index in [1.165, 1.54) is 38.4 Å². The van der Waals surface area contributed by atoms with E-state index in [4.69, 9.17) is 4.42 Å². The molecule has 1 aromatic heterocycles.